The molecule has 2 N–H and O–H groups in total. The Morgan fingerprint density at radius 1 is 1.32 bits per heavy atom. The molecule has 7 heteroatoms. The Hall–Kier alpha value is -1.89. The monoisotopic (exact) mass is 279 g/mol. The third-order valence-corrected chi connectivity index (χ3v) is 3.61. The largest absolute Gasteiger partial charge is 0.467 e. The van der Waals surface area contributed by atoms with E-state index in [1.165, 1.54) is 12.0 Å². The van der Waals surface area contributed by atoms with Crippen molar-refractivity contribution in [2.75, 3.05) is 24.8 Å². The highest BCUT2D eigenvalue weighted by atomic mass is 32.1. The van der Waals surface area contributed by atoms with Crippen LogP contribution < -0.4 is 15.4 Å². The summed E-state index contributed by atoms with van der Waals surface area (Å²) in [4.78, 5) is 13.8. The van der Waals surface area contributed by atoms with E-state index in [2.05, 4.69) is 44.0 Å². The lowest BCUT2D eigenvalue weighted by atomic mass is 10.2. The highest BCUT2D eigenvalue weighted by Crippen LogP contribution is 2.25. The van der Waals surface area contributed by atoms with Gasteiger partial charge < -0.3 is 15.4 Å². The minimum atomic E-state index is 0.191. The Morgan fingerprint density at radius 3 is 2.68 bits per heavy atom. The molecule has 102 valence electrons. The fourth-order valence-electron chi connectivity index (χ4n) is 1.64. The van der Waals surface area contributed by atoms with Gasteiger partial charge >= 0.3 is 6.01 Å². The first-order valence-corrected chi connectivity index (χ1v) is 6.92. The lowest BCUT2D eigenvalue weighted by molar-refractivity contribution is 0.379. The summed E-state index contributed by atoms with van der Waals surface area (Å²) >= 11 is 1.71. The van der Waals surface area contributed by atoms with Crippen LogP contribution in [0.15, 0.2) is 17.5 Å². The van der Waals surface area contributed by atoms with E-state index in [1.54, 1.807) is 18.4 Å². The summed E-state index contributed by atoms with van der Waals surface area (Å²) in [6.45, 7) is 2.12. The lowest BCUT2D eigenvalue weighted by Crippen LogP contribution is -2.13. The molecule has 0 aliphatic rings. The average Bonchev–Trinajstić information content (AvgIpc) is 2.98. The predicted molar refractivity (Wildman–Crippen MR) is 76.9 cm³/mol. The van der Waals surface area contributed by atoms with Gasteiger partial charge in [-0.15, -0.1) is 11.3 Å². The minimum Gasteiger partial charge on any atom is -0.467 e. The molecule has 0 bridgehead atoms. The third kappa shape index (κ3) is 3.31. The van der Waals surface area contributed by atoms with Crippen LogP contribution in [0.1, 0.15) is 24.3 Å². The molecule has 0 radical (unpaired) electrons. The van der Waals surface area contributed by atoms with E-state index >= 15 is 0 Å². The molecule has 0 aliphatic carbocycles. The topological polar surface area (TPSA) is 72.0 Å². The summed E-state index contributed by atoms with van der Waals surface area (Å²) in [6, 6.07) is 4.63. The van der Waals surface area contributed by atoms with Crippen LogP contribution in [0.4, 0.5) is 11.9 Å². The van der Waals surface area contributed by atoms with E-state index in [9.17, 15) is 0 Å². The van der Waals surface area contributed by atoms with Crippen LogP contribution in [0.25, 0.3) is 0 Å². The van der Waals surface area contributed by atoms with Crippen molar-refractivity contribution in [3.05, 3.63) is 22.4 Å². The second-order valence-electron chi connectivity index (χ2n) is 3.84. The molecule has 2 heterocycles. The van der Waals surface area contributed by atoms with Crippen molar-refractivity contribution in [2.45, 2.75) is 19.4 Å². The SMILES string of the molecule is CCC(Nc1nc(NC)nc(OC)n1)c1cccs1. The molecule has 6 nitrogen and oxygen atoms in total. The van der Waals surface area contributed by atoms with E-state index in [0.717, 1.165) is 6.42 Å². The minimum absolute atomic E-state index is 0.191. The van der Waals surface area contributed by atoms with E-state index in [0.29, 0.717) is 17.9 Å². The van der Waals surface area contributed by atoms with Gasteiger partial charge in [-0.2, -0.15) is 15.0 Å². The van der Waals surface area contributed by atoms with Crippen molar-refractivity contribution in [3.8, 4) is 6.01 Å². The number of anilines is 2. The number of thiophene rings is 1. The van der Waals surface area contributed by atoms with Crippen molar-refractivity contribution in [1.29, 1.82) is 0 Å². The number of aromatic nitrogens is 3. The predicted octanol–water partition coefficient (Wildman–Crippen LogP) is 2.55. The average molecular weight is 279 g/mol. The van der Waals surface area contributed by atoms with Crippen molar-refractivity contribution in [2.24, 2.45) is 0 Å². The van der Waals surface area contributed by atoms with Gasteiger partial charge in [0.2, 0.25) is 11.9 Å². The van der Waals surface area contributed by atoms with Crippen LogP contribution in [0.2, 0.25) is 0 Å². The third-order valence-electron chi connectivity index (χ3n) is 2.62. The van der Waals surface area contributed by atoms with E-state index in [-0.39, 0.29) is 6.04 Å². The van der Waals surface area contributed by atoms with Crippen molar-refractivity contribution in [3.63, 3.8) is 0 Å². The summed E-state index contributed by atoms with van der Waals surface area (Å²) in [5, 5.41) is 8.26. The first-order valence-electron chi connectivity index (χ1n) is 6.04. The van der Waals surface area contributed by atoms with Crippen LogP contribution in [0.3, 0.4) is 0 Å². The highest BCUT2D eigenvalue weighted by molar-refractivity contribution is 7.10. The molecule has 0 fully saturated rings. The number of rotatable bonds is 6. The summed E-state index contributed by atoms with van der Waals surface area (Å²) in [6.07, 6.45) is 0.948. The number of nitrogens with zero attached hydrogens (tertiary/aromatic N) is 3. The van der Waals surface area contributed by atoms with Crippen LogP contribution in [0.5, 0.6) is 6.01 Å². The van der Waals surface area contributed by atoms with E-state index in [1.807, 2.05) is 6.07 Å². The van der Waals surface area contributed by atoms with Gasteiger partial charge in [-0.05, 0) is 17.9 Å². The first-order chi connectivity index (χ1) is 9.26. The normalized spacial score (nSPS) is 11.9. The molecule has 1 atom stereocenters. The summed E-state index contributed by atoms with van der Waals surface area (Å²) in [5.74, 6) is 0.992. The molecule has 1 unspecified atom stereocenters. The molecule has 0 saturated carbocycles. The first kappa shape index (κ1) is 13.5. The van der Waals surface area contributed by atoms with Gasteiger partial charge in [0.25, 0.3) is 0 Å². The molecule has 0 saturated heterocycles. The fraction of sp³-hybridized carbons (Fsp3) is 0.417. The summed E-state index contributed by atoms with van der Waals surface area (Å²) < 4.78 is 5.06. The smallest absolute Gasteiger partial charge is 0.322 e. The molecular weight excluding hydrogens is 262 g/mol. The Morgan fingerprint density at radius 2 is 2.11 bits per heavy atom. The lowest BCUT2D eigenvalue weighted by Gasteiger charge is -2.15. The zero-order valence-corrected chi connectivity index (χ0v) is 12.0. The van der Waals surface area contributed by atoms with Gasteiger partial charge in [-0.3, -0.25) is 0 Å². The number of nitrogens with one attached hydrogen (secondary N) is 2. The van der Waals surface area contributed by atoms with Crippen molar-refractivity contribution in [1.82, 2.24) is 15.0 Å². The Kier molecular flexibility index (Phi) is 4.51. The number of ether oxygens (including phenoxy) is 1. The van der Waals surface area contributed by atoms with E-state index in [4.69, 9.17) is 4.74 Å². The maximum absolute atomic E-state index is 5.06. The highest BCUT2D eigenvalue weighted by Gasteiger charge is 2.13. The van der Waals surface area contributed by atoms with Crippen LogP contribution in [-0.4, -0.2) is 29.1 Å². The summed E-state index contributed by atoms with van der Waals surface area (Å²) in [7, 11) is 3.30. The number of hydrogen-bond acceptors (Lipinski definition) is 7. The molecule has 2 aromatic rings. The molecule has 2 rings (SSSR count). The molecule has 19 heavy (non-hydrogen) atoms. The van der Waals surface area contributed by atoms with Crippen molar-refractivity contribution < 1.29 is 4.74 Å². The molecular formula is C12H17N5OS. The second kappa shape index (κ2) is 6.33. The van der Waals surface area contributed by atoms with Crippen LogP contribution in [-0.2, 0) is 0 Å². The number of methoxy groups -OCH3 is 1. The zero-order chi connectivity index (χ0) is 13.7. The maximum atomic E-state index is 5.06. The second-order valence-corrected chi connectivity index (χ2v) is 4.82. The Labute approximate surface area is 116 Å². The maximum Gasteiger partial charge on any atom is 0.322 e. The van der Waals surface area contributed by atoms with E-state index < -0.39 is 0 Å². The summed E-state index contributed by atoms with van der Waals surface area (Å²) in [5.41, 5.74) is 0. The molecule has 2 aromatic heterocycles. The molecule has 0 spiro atoms. The fourth-order valence-corrected chi connectivity index (χ4v) is 2.51. The van der Waals surface area contributed by atoms with Gasteiger partial charge in [-0.25, -0.2) is 0 Å². The van der Waals surface area contributed by atoms with Crippen molar-refractivity contribution >= 4 is 23.2 Å². The van der Waals surface area contributed by atoms with Gasteiger partial charge in [0, 0.05) is 11.9 Å². The number of hydrogen-bond donors (Lipinski definition) is 2. The van der Waals surface area contributed by atoms with Gasteiger partial charge in [0.15, 0.2) is 0 Å². The van der Waals surface area contributed by atoms with Crippen LogP contribution in [0, 0.1) is 0 Å². The zero-order valence-electron chi connectivity index (χ0n) is 11.2. The van der Waals surface area contributed by atoms with Gasteiger partial charge in [0.05, 0.1) is 13.2 Å². The van der Waals surface area contributed by atoms with Gasteiger partial charge in [-0.1, -0.05) is 13.0 Å². The molecule has 0 amide bonds. The Balaban J connectivity index is 2.21. The quantitative estimate of drug-likeness (QED) is 0.846. The standard InChI is InChI=1S/C12H17N5OS/c1-4-8(9-6-5-7-19-9)14-11-15-10(13-2)16-12(17-11)18-3/h5-8H,4H2,1-3H3,(H2,13,14,15,16,17). The van der Waals surface area contributed by atoms with Gasteiger partial charge in [0.1, 0.15) is 0 Å². The molecule has 0 aliphatic heterocycles. The van der Waals surface area contributed by atoms with Crippen LogP contribution >= 0.6 is 11.3 Å². The Bertz CT molecular complexity index is 495. The molecule has 0 aromatic carbocycles.